The van der Waals surface area contributed by atoms with Crippen LogP contribution in [-0.2, 0) is 4.74 Å². The average Bonchev–Trinajstić information content (AvgIpc) is 2.90. The number of hydrogen-bond acceptors (Lipinski definition) is 1. The predicted molar refractivity (Wildman–Crippen MR) is 55.1 cm³/mol. The summed E-state index contributed by atoms with van der Waals surface area (Å²) < 4.78 is 5.85. The average molecular weight is 203 g/mol. The van der Waals surface area contributed by atoms with Gasteiger partial charge in [0.15, 0.2) is 0 Å². The maximum absolute atomic E-state index is 6.13. The summed E-state index contributed by atoms with van der Waals surface area (Å²) in [5.74, 6) is 1.63. The highest BCUT2D eigenvalue weighted by Gasteiger charge is 2.49. The van der Waals surface area contributed by atoms with Gasteiger partial charge in [0.1, 0.15) is 0 Å². The second kappa shape index (κ2) is 3.78. The summed E-state index contributed by atoms with van der Waals surface area (Å²) in [6, 6.07) is 0. The molecule has 2 rings (SSSR count). The Labute approximate surface area is 85.8 Å². The van der Waals surface area contributed by atoms with Crippen LogP contribution in [0.5, 0.6) is 0 Å². The number of hydrogen-bond donors (Lipinski definition) is 0. The third kappa shape index (κ3) is 1.73. The third-order valence-electron chi connectivity index (χ3n) is 3.57. The van der Waals surface area contributed by atoms with Gasteiger partial charge in [0, 0.05) is 17.9 Å². The van der Waals surface area contributed by atoms with Crippen molar-refractivity contribution in [2.45, 2.75) is 45.1 Å². The molecule has 1 nitrogen and oxygen atoms in total. The molecule has 76 valence electrons. The van der Waals surface area contributed by atoms with Crippen LogP contribution in [0, 0.1) is 11.3 Å². The Morgan fingerprint density at radius 2 is 2.23 bits per heavy atom. The molecule has 0 aromatic heterocycles. The van der Waals surface area contributed by atoms with Gasteiger partial charge in [0.05, 0.1) is 6.10 Å². The van der Waals surface area contributed by atoms with Crippen molar-refractivity contribution < 1.29 is 4.74 Å². The SMILES string of the molecule is CCCC1(CCl)CCOC1C1CC1. The van der Waals surface area contributed by atoms with E-state index in [2.05, 4.69) is 6.92 Å². The molecule has 1 aliphatic heterocycles. The first-order chi connectivity index (χ1) is 6.32. The normalized spacial score (nSPS) is 39.7. The van der Waals surface area contributed by atoms with Crippen LogP contribution >= 0.6 is 11.6 Å². The quantitative estimate of drug-likeness (QED) is 0.637. The minimum atomic E-state index is 0.331. The number of ether oxygens (including phenoxy) is 1. The molecule has 2 aliphatic rings. The first-order valence-electron chi connectivity index (χ1n) is 5.50. The molecule has 2 atom stereocenters. The van der Waals surface area contributed by atoms with Crippen LogP contribution in [0.1, 0.15) is 39.0 Å². The van der Waals surface area contributed by atoms with Gasteiger partial charge < -0.3 is 4.74 Å². The summed E-state index contributed by atoms with van der Waals surface area (Å²) in [5, 5.41) is 0. The summed E-state index contributed by atoms with van der Waals surface area (Å²) in [6.07, 6.45) is 6.90. The lowest BCUT2D eigenvalue weighted by Gasteiger charge is -2.32. The minimum absolute atomic E-state index is 0.331. The second-order valence-electron chi connectivity index (χ2n) is 4.62. The van der Waals surface area contributed by atoms with E-state index in [-0.39, 0.29) is 0 Å². The van der Waals surface area contributed by atoms with Gasteiger partial charge in [0.25, 0.3) is 0 Å². The summed E-state index contributed by atoms with van der Waals surface area (Å²) in [4.78, 5) is 0. The number of alkyl halides is 1. The van der Waals surface area contributed by atoms with E-state index in [1.165, 1.54) is 32.1 Å². The molecule has 2 unspecified atom stereocenters. The monoisotopic (exact) mass is 202 g/mol. The zero-order valence-electron chi connectivity index (χ0n) is 8.39. The Morgan fingerprint density at radius 3 is 2.77 bits per heavy atom. The fourth-order valence-electron chi connectivity index (χ4n) is 2.72. The Hall–Kier alpha value is 0.250. The summed E-state index contributed by atoms with van der Waals surface area (Å²) in [5.41, 5.74) is 0.331. The Morgan fingerprint density at radius 1 is 1.46 bits per heavy atom. The van der Waals surface area contributed by atoms with Gasteiger partial charge in [-0.05, 0) is 31.6 Å². The summed E-state index contributed by atoms with van der Waals surface area (Å²) >= 11 is 6.13. The lowest BCUT2D eigenvalue weighted by Crippen LogP contribution is -2.34. The lowest BCUT2D eigenvalue weighted by molar-refractivity contribution is 0.0363. The van der Waals surface area contributed by atoms with Crippen LogP contribution in [-0.4, -0.2) is 18.6 Å². The minimum Gasteiger partial charge on any atom is -0.377 e. The molecule has 2 fully saturated rings. The van der Waals surface area contributed by atoms with Gasteiger partial charge >= 0.3 is 0 Å². The zero-order chi connectivity index (χ0) is 9.31. The van der Waals surface area contributed by atoms with Crippen molar-refractivity contribution in [3.63, 3.8) is 0 Å². The van der Waals surface area contributed by atoms with Crippen LogP contribution in [0.4, 0.5) is 0 Å². The van der Waals surface area contributed by atoms with Gasteiger partial charge in [-0.25, -0.2) is 0 Å². The highest BCUT2D eigenvalue weighted by molar-refractivity contribution is 6.18. The fraction of sp³-hybridized carbons (Fsp3) is 1.00. The van der Waals surface area contributed by atoms with E-state index in [9.17, 15) is 0 Å². The van der Waals surface area contributed by atoms with Gasteiger partial charge in [0.2, 0.25) is 0 Å². The highest BCUT2D eigenvalue weighted by Crippen LogP contribution is 2.50. The first kappa shape index (κ1) is 9.79. The Bertz CT molecular complexity index is 179. The molecule has 2 heteroatoms. The standard InChI is InChI=1S/C11H19ClO/c1-2-5-11(8-12)6-7-13-10(11)9-3-4-9/h9-10H,2-8H2,1H3. The fourth-order valence-corrected chi connectivity index (χ4v) is 3.14. The van der Waals surface area contributed by atoms with Crippen LogP contribution in [0.25, 0.3) is 0 Å². The van der Waals surface area contributed by atoms with Crippen LogP contribution in [0.2, 0.25) is 0 Å². The van der Waals surface area contributed by atoms with Gasteiger partial charge in [-0.3, -0.25) is 0 Å². The molecule has 1 aliphatic carbocycles. The molecule has 13 heavy (non-hydrogen) atoms. The van der Waals surface area contributed by atoms with Crippen LogP contribution < -0.4 is 0 Å². The van der Waals surface area contributed by atoms with E-state index in [0.29, 0.717) is 11.5 Å². The second-order valence-corrected chi connectivity index (χ2v) is 4.89. The molecular formula is C11H19ClO. The molecule has 0 spiro atoms. The molecule has 0 bridgehead atoms. The molecule has 0 N–H and O–H groups in total. The van der Waals surface area contributed by atoms with Crippen LogP contribution in [0.3, 0.4) is 0 Å². The predicted octanol–water partition coefficient (Wildman–Crippen LogP) is 3.21. The Balaban J connectivity index is 2.06. The van der Waals surface area contributed by atoms with Crippen LogP contribution in [0.15, 0.2) is 0 Å². The molecule has 0 radical (unpaired) electrons. The smallest absolute Gasteiger partial charge is 0.0671 e. The third-order valence-corrected chi connectivity index (χ3v) is 4.10. The van der Waals surface area contributed by atoms with Crippen molar-refractivity contribution in [2.24, 2.45) is 11.3 Å². The van der Waals surface area contributed by atoms with Gasteiger partial charge in [-0.1, -0.05) is 13.3 Å². The maximum atomic E-state index is 6.13. The van der Waals surface area contributed by atoms with E-state index in [0.717, 1.165) is 18.4 Å². The molecule has 1 heterocycles. The topological polar surface area (TPSA) is 9.23 Å². The highest BCUT2D eigenvalue weighted by atomic mass is 35.5. The largest absolute Gasteiger partial charge is 0.377 e. The van der Waals surface area contributed by atoms with E-state index in [1.807, 2.05) is 0 Å². The molecule has 0 aromatic rings. The van der Waals surface area contributed by atoms with Crippen molar-refractivity contribution in [2.75, 3.05) is 12.5 Å². The van der Waals surface area contributed by atoms with Crippen molar-refractivity contribution in [1.29, 1.82) is 0 Å². The van der Waals surface area contributed by atoms with E-state index >= 15 is 0 Å². The van der Waals surface area contributed by atoms with Crippen molar-refractivity contribution >= 4 is 11.6 Å². The van der Waals surface area contributed by atoms with E-state index in [4.69, 9.17) is 16.3 Å². The number of halogens is 1. The Kier molecular flexibility index (Phi) is 2.85. The van der Waals surface area contributed by atoms with E-state index < -0.39 is 0 Å². The molecular weight excluding hydrogens is 184 g/mol. The van der Waals surface area contributed by atoms with Crippen molar-refractivity contribution in [3.8, 4) is 0 Å². The summed E-state index contributed by atoms with van der Waals surface area (Å²) in [6.45, 7) is 3.18. The number of rotatable bonds is 4. The van der Waals surface area contributed by atoms with Crippen molar-refractivity contribution in [3.05, 3.63) is 0 Å². The molecule has 0 amide bonds. The van der Waals surface area contributed by atoms with E-state index in [1.54, 1.807) is 0 Å². The summed E-state index contributed by atoms with van der Waals surface area (Å²) in [7, 11) is 0. The van der Waals surface area contributed by atoms with Crippen molar-refractivity contribution in [1.82, 2.24) is 0 Å². The van der Waals surface area contributed by atoms with Gasteiger partial charge in [-0.15, -0.1) is 11.6 Å². The zero-order valence-corrected chi connectivity index (χ0v) is 9.15. The molecule has 0 aromatic carbocycles. The first-order valence-corrected chi connectivity index (χ1v) is 6.03. The molecule has 1 saturated heterocycles. The maximum Gasteiger partial charge on any atom is 0.0671 e. The lowest BCUT2D eigenvalue weighted by atomic mass is 9.77. The molecule has 1 saturated carbocycles. The van der Waals surface area contributed by atoms with Gasteiger partial charge in [-0.2, -0.15) is 0 Å².